The van der Waals surface area contributed by atoms with Crippen molar-refractivity contribution >= 4 is 11.8 Å². The smallest absolute Gasteiger partial charge is 0.255 e. The number of hydrogen-bond acceptors (Lipinski definition) is 5. The lowest BCUT2D eigenvalue weighted by molar-refractivity contribution is -0.125. The summed E-state index contributed by atoms with van der Waals surface area (Å²) in [4.78, 5) is 28.2. The number of hydrogen-bond donors (Lipinski definition) is 1. The number of carbonyl (C=O) groups is 2. The SMILES string of the molecule is COc1ccc(CCNC(=O)C(Cc2ccccc2)N2Cc3ccccc3C2=O)c(OC)c1OC. The van der Waals surface area contributed by atoms with Crippen LogP contribution < -0.4 is 19.5 Å². The molecule has 0 spiro atoms. The van der Waals surface area contributed by atoms with Gasteiger partial charge in [0.25, 0.3) is 5.91 Å². The van der Waals surface area contributed by atoms with E-state index in [2.05, 4.69) is 5.32 Å². The zero-order valence-corrected chi connectivity index (χ0v) is 20.2. The van der Waals surface area contributed by atoms with Crippen LogP contribution in [0.25, 0.3) is 0 Å². The Morgan fingerprint density at radius 3 is 2.31 bits per heavy atom. The van der Waals surface area contributed by atoms with Crippen LogP contribution in [0.1, 0.15) is 27.0 Å². The Hall–Kier alpha value is -4.00. The number of fused-ring (bicyclic) bond motifs is 1. The van der Waals surface area contributed by atoms with Crippen LogP contribution in [0.5, 0.6) is 17.2 Å². The predicted molar refractivity (Wildman–Crippen MR) is 133 cm³/mol. The molecule has 0 aliphatic carbocycles. The van der Waals surface area contributed by atoms with E-state index in [0.29, 0.717) is 48.7 Å². The van der Waals surface area contributed by atoms with E-state index in [9.17, 15) is 9.59 Å². The molecule has 0 bridgehead atoms. The maximum atomic E-state index is 13.4. The molecule has 1 aliphatic heterocycles. The first-order valence-electron chi connectivity index (χ1n) is 11.6. The van der Waals surface area contributed by atoms with Crippen LogP contribution in [0, 0.1) is 0 Å². The van der Waals surface area contributed by atoms with Crippen molar-refractivity contribution in [1.29, 1.82) is 0 Å². The molecule has 7 heteroatoms. The minimum Gasteiger partial charge on any atom is -0.493 e. The highest BCUT2D eigenvalue weighted by Crippen LogP contribution is 2.39. The predicted octanol–water partition coefficient (Wildman–Crippen LogP) is 3.64. The highest BCUT2D eigenvalue weighted by Gasteiger charge is 2.36. The summed E-state index contributed by atoms with van der Waals surface area (Å²) in [6.07, 6.45) is 0.966. The van der Waals surface area contributed by atoms with Crippen LogP contribution in [0.4, 0.5) is 0 Å². The molecule has 0 aromatic heterocycles. The first kappa shape index (κ1) is 24.1. The number of amides is 2. The molecule has 0 saturated carbocycles. The Labute approximate surface area is 205 Å². The summed E-state index contributed by atoms with van der Waals surface area (Å²) < 4.78 is 16.4. The summed E-state index contributed by atoms with van der Waals surface area (Å²) in [7, 11) is 4.71. The van der Waals surface area contributed by atoms with Crippen LogP contribution in [0.3, 0.4) is 0 Å². The van der Waals surface area contributed by atoms with E-state index in [0.717, 1.165) is 16.7 Å². The third kappa shape index (κ3) is 5.09. The second-order valence-electron chi connectivity index (χ2n) is 8.33. The van der Waals surface area contributed by atoms with Crippen molar-refractivity contribution in [3.05, 3.63) is 89.0 Å². The molecule has 1 unspecified atom stereocenters. The van der Waals surface area contributed by atoms with Gasteiger partial charge in [-0.3, -0.25) is 9.59 Å². The van der Waals surface area contributed by atoms with Crippen LogP contribution in [0.2, 0.25) is 0 Å². The van der Waals surface area contributed by atoms with Crippen molar-refractivity contribution in [2.75, 3.05) is 27.9 Å². The molecule has 0 fully saturated rings. The first-order chi connectivity index (χ1) is 17.1. The summed E-state index contributed by atoms with van der Waals surface area (Å²) in [5.74, 6) is 1.37. The Kier molecular flexibility index (Phi) is 7.55. The lowest BCUT2D eigenvalue weighted by Gasteiger charge is -2.27. The third-order valence-electron chi connectivity index (χ3n) is 6.28. The van der Waals surface area contributed by atoms with Gasteiger partial charge in [0.15, 0.2) is 11.5 Å². The summed E-state index contributed by atoms with van der Waals surface area (Å²) in [5.41, 5.74) is 3.49. The van der Waals surface area contributed by atoms with Crippen molar-refractivity contribution in [1.82, 2.24) is 10.2 Å². The van der Waals surface area contributed by atoms with Crippen LogP contribution >= 0.6 is 0 Å². The topological polar surface area (TPSA) is 77.1 Å². The van der Waals surface area contributed by atoms with Gasteiger partial charge in [-0.25, -0.2) is 0 Å². The van der Waals surface area contributed by atoms with Gasteiger partial charge in [-0.1, -0.05) is 54.6 Å². The number of ether oxygens (including phenoxy) is 3. The second kappa shape index (κ2) is 11.0. The molecule has 1 heterocycles. The number of benzene rings is 3. The maximum Gasteiger partial charge on any atom is 0.255 e. The van der Waals surface area contributed by atoms with Crippen molar-refractivity contribution in [2.24, 2.45) is 0 Å². The lowest BCUT2D eigenvalue weighted by atomic mass is 10.0. The van der Waals surface area contributed by atoms with E-state index in [4.69, 9.17) is 14.2 Å². The first-order valence-corrected chi connectivity index (χ1v) is 11.6. The molecule has 4 rings (SSSR count). The standard InChI is InChI=1S/C28H30N2O5/c1-33-24-14-13-20(25(34-2)26(24)35-3)15-16-29-27(31)23(17-19-9-5-4-6-10-19)30-18-21-11-7-8-12-22(21)28(30)32/h4-14,23H,15-18H2,1-3H3,(H,29,31). The van der Waals surface area contributed by atoms with Gasteiger partial charge in [0.05, 0.1) is 21.3 Å². The molecule has 3 aromatic carbocycles. The zero-order chi connectivity index (χ0) is 24.8. The number of nitrogens with zero attached hydrogens (tertiary/aromatic N) is 1. The van der Waals surface area contributed by atoms with Gasteiger partial charge in [0, 0.05) is 30.6 Å². The number of methoxy groups -OCH3 is 3. The molecule has 182 valence electrons. The van der Waals surface area contributed by atoms with Gasteiger partial charge < -0.3 is 24.4 Å². The second-order valence-corrected chi connectivity index (χ2v) is 8.33. The van der Waals surface area contributed by atoms with Crippen LogP contribution in [-0.4, -0.2) is 50.6 Å². The highest BCUT2D eigenvalue weighted by atomic mass is 16.5. The Morgan fingerprint density at radius 2 is 1.63 bits per heavy atom. The number of carbonyl (C=O) groups excluding carboxylic acids is 2. The summed E-state index contributed by atoms with van der Waals surface area (Å²) in [6, 6.07) is 20.4. The Balaban J connectivity index is 1.50. The molecule has 0 saturated heterocycles. The molecule has 35 heavy (non-hydrogen) atoms. The summed E-state index contributed by atoms with van der Waals surface area (Å²) >= 11 is 0. The van der Waals surface area contributed by atoms with Gasteiger partial charge in [0.2, 0.25) is 11.7 Å². The van der Waals surface area contributed by atoms with Gasteiger partial charge in [-0.15, -0.1) is 0 Å². The van der Waals surface area contributed by atoms with Gasteiger partial charge in [-0.2, -0.15) is 0 Å². The van der Waals surface area contributed by atoms with Crippen molar-refractivity contribution in [3.8, 4) is 17.2 Å². The van der Waals surface area contributed by atoms with E-state index >= 15 is 0 Å². The minimum atomic E-state index is -0.621. The normalized spacial score (nSPS) is 13.2. The van der Waals surface area contributed by atoms with E-state index in [1.807, 2.05) is 66.7 Å². The molecule has 1 N–H and O–H groups in total. The van der Waals surface area contributed by atoms with E-state index in [1.165, 1.54) is 0 Å². The fourth-order valence-electron chi connectivity index (χ4n) is 4.51. The lowest BCUT2D eigenvalue weighted by Crippen LogP contribution is -2.48. The molecule has 1 atom stereocenters. The average Bonchev–Trinajstić information content (AvgIpc) is 3.23. The van der Waals surface area contributed by atoms with Crippen molar-refractivity contribution in [2.45, 2.75) is 25.4 Å². The monoisotopic (exact) mass is 474 g/mol. The minimum absolute atomic E-state index is 0.113. The van der Waals surface area contributed by atoms with E-state index in [1.54, 1.807) is 26.2 Å². The molecule has 7 nitrogen and oxygen atoms in total. The fourth-order valence-corrected chi connectivity index (χ4v) is 4.51. The summed E-state index contributed by atoms with van der Waals surface area (Å²) in [6.45, 7) is 0.800. The van der Waals surface area contributed by atoms with Crippen LogP contribution in [0.15, 0.2) is 66.7 Å². The molecule has 1 aliphatic rings. The van der Waals surface area contributed by atoms with Crippen molar-refractivity contribution < 1.29 is 23.8 Å². The summed E-state index contributed by atoms with van der Waals surface area (Å²) in [5, 5.41) is 3.03. The number of nitrogens with one attached hydrogen (secondary N) is 1. The molecule has 2 amide bonds. The molecule has 3 aromatic rings. The van der Waals surface area contributed by atoms with Gasteiger partial charge in [0.1, 0.15) is 6.04 Å². The van der Waals surface area contributed by atoms with E-state index < -0.39 is 6.04 Å². The van der Waals surface area contributed by atoms with E-state index in [-0.39, 0.29) is 11.8 Å². The quantitative estimate of drug-likeness (QED) is 0.486. The fraction of sp³-hybridized carbons (Fsp3) is 0.286. The average molecular weight is 475 g/mol. The third-order valence-corrected chi connectivity index (χ3v) is 6.28. The Morgan fingerprint density at radius 1 is 0.914 bits per heavy atom. The molecule has 0 radical (unpaired) electrons. The largest absolute Gasteiger partial charge is 0.493 e. The number of rotatable bonds is 10. The highest BCUT2D eigenvalue weighted by molar-refractivity contribution is 6.01. The van der Waals surface area contributed by atoms with Crippen molar-refractivity contribution in [3.63, 3.8) is 0 Å². The molecular weight excluding hydrogens is 444 g/mol. The maximum absolute atomic E-state index is 13.4. The van der Waals surface area contributed by atoms with Crippen LogP contribution in [-0.2, 0) is 24.2 Å². The molecular formula is C28H30N2O5. The van der Waals surface area contributed by atoms with Gasteiger partial charge >= 0.3 is 0 Å². The Bertz CT molecular complexity index is 1200. The zero-order valence-electron chi connectivity index (χ0n) is 20.2. The van der Waals surface area contributed by atoms with Gasteiger partial charge in [-0.05, 0) is 29.7 Å².